The molecule has 4 aromatic rings. The van der Waals surface area contributed by atoms with E-state index in [-0.39, 0.29) is 46.8 Å². The molecule has 0 saturated heterocycles. The van der Waals surface area contributed by atoms with E-state index in [1.54, 1.807) is 5.20 Å². The van der Waals surface area contributed by atoms with Crippen molar-refractivity contribution >= 4 is 11.3 Å². The quantitative estimate of drug-likeness (QED) is 0.0991. The predicted octanol–water partition coefficient (Wildman–Crippen LogP) is 7.69. The summed E-state index contributed by atoms with van der Waals surface area (Å²) in [7, 11) is -1.07. The van der Waals surface area contributed by atoms with Crippen LogP contribution in [0.1, 0.15) is 99.9 Å². The molecule has 0 radical (unpaired) electrons. The van der Waals surface area contributed by atoms with E-state index in [9.17, 15) is 26.3 Å². The standard InChI is InChI=1S/C21H25.C15H8F6.C10H17Si.2ClH.Zr/c1-20(2,3)16-7-9-18-14(12-16)11-15-13-17(21(4,5)6)8-10-19(15)18;16-14(17,18)12-5-1-3-10(8-12)7-11-4-2-6-13(9-11)15(19,20)21;1-8-6-9(2)10(7-8)11(3,4)5;;;/h7-10,12H,11H2,1-6H3;1-6,8-9H;7-8H,1-5H3;2*1H;/q-1;;-1;;;+2/p-2. The van der Waals surface area contributed by atoms with Gasteiger partial charge in [-0.05, 0) is 36.5 Å². The Hall–Kier alpha value is -2.51. The Labute approximate surface area is 358 Å². The van der Waals surface area contributed by atoms with Crippen LogP contribution in [-0.2, 0) is 53.8 Å². The molecule has 300 valence electrons. The fourth-order valence-corrected chi connectivity index (χ4v) is 9.26. The Morgan fingerprint density at radius 2 is 1.18 bits per heavy atom. The zero-order valence-corrected chi connectivity index (χ0v) is 38.9. The first-order valence-corrected chi connectivity index (χ1v) is 22.8. The molecule has 0 aliphatic heterocycles. The van der Waals surface area contributed by atoms with Crippen LogP contribution < -0.4 is 24.8 Å². The summed E-state index contributed by atoms with van der Waals surface area (Å²) in [4.78, 5) is 0. The molecule has 0 spiro atoms. The van der Waals surface area contributed by atoms with Gasteiger partial charge in [0.05, 0.1) is 0 Å². The normalized spacial score (nSPS) is 15.0. The molecule has 0 aromatic heterocycles. The van der Waals surface area contributed by atoms with E-state index in [4.69, 9.17) is 0 Å². The van der Waals surface area contributed by atoms with Crippen molar-refractivity contribution in [2.24, 2.45) is 5.92 Å². The van der Waals surface area contributed by atoms with Gasteiger partial charge in [-0.3, -0.25) is 6.08 Å². The smallest absolute Gasteiger partial charge is 1.00 e. The third-order valence-electron chi connectivity index (χ3n) is 9.49. The van der Waals surface area contributed by atoms with Crippen LogP contribution in [-0.4, -0.2) is 11.3 Å². The third kappa shape index (κ3) is 12.7. The number of allylic oxidation sites excluding steroid dienone is 4. The van der Waals surface area contributed by atoms with Crippen molar-refractivity contribution < 1.29 is 75.4 Å². The molecule has 0 fully saturated rings. The van der Waals surface area contributed by atoms with E-state index < -0.39 is 31.6 Å². The molecule has 2 aliphatic carbocycles. The molecule has 56 heavy (non-hydrogen) atoms. The third-order valence-corrected chi connectivity index (χ3v) is 13.1. The number of halogens is 8. The molecule has 6 rings (SSSR count). The minimum Gasteiger partial charge on any atom is -1.00 e. The summed E-state index contributed by atoms with van der Waals surface area (Å²) in [5.74, 6) is 0.553. The van der Waals surface area contributed by atoms with Crippen LogP contribution in [0.15, 0.2) is 95.7 Å². The minimum absolute atomic E-state index is 0. The number of rotatable bonds is 3. The van der Waals surface area contributed by atoms with Gasteiger partial charge in [0.1, 0.15) is 0 Å². The molecule has 1 unspecified atom stereocenters. The van der Waals surface area contributed by atoms with Gasteiger partial charge in [-0.2, -0.15) is 29.8 Å². The van der Waals surface area contributed by atoms with Gasteiger partial charge in [0, 0.05) is 0 Å². The van der Waals surface area contributed by atoms with Crippen LogP contribution in [0.2, 0.25) is 19.6 Å². The van der Waals surface area contributed by atoms with Crippen molar-refractivity contribution in [2.45, 2.75) is 105 Å². The molecule has 1 atom stereocenters. The van der Waals surface area contributed by atoms with E-state index in [0.717, 1.165) is 54.9 Å². The first-order valence-electron chi connectivity index (χ1n) is 18.1. The fourth-order valence-electron chi connectivity index (χ4n) is 6.54. The van der Waals surface area contributed by atoms with Crippen molar-refractivity contribution in [1.29, 1.82) is 0 Å². The van der Waals surface area contributed by atoms with Crippen molar-refractivity contribution in [2.75, 3.05) is 0 Å². The molecule has 0 heterocycles. The van der Waals surface area contributed by atoms with Crippen molar-refractivity contribution in [3.05, 3.63) is 152 Å². The second-order valence-electron chi connectivity index (χ2n) is 17.2. The number of hydrogen-bond donors (Lipinski definition) is 0. The number of alkyl halides is 6. The summed E-state index contributed by atoms with van der Waals surface area (Å²) >= 11 is 0.729. The van der Waals surface area contributed by atoms with Crippen LogP contribution in [0.5, 0.6) is 0 Å². The largest absolute Gasteiger partial charge is 1.00 e. The van der Waals surface area contributed by atoms with E-state index in [1.165, 1.54) is 63.2 Å². The van der Waals surface area contributed by atoms with Crippen LogP contribution >= 0.6 is 0 Å². The van der Waals surface area contributed by atoms with E-state index in [0.29, 0.717) is 9.12 Å². The van der Waals surface area contributed by atoms with Gasteiger partial charge in [-0.25, -0.2) is 10.8 Å². The maximum Gasteiger partial charge on any atom is -1.00 e. The summed E-state index contributed by atoms with van der Waals surface area (Å²) in [6.45, 7) is 25.2. The van der Waals surface area contributed by atoms with Gasteiger partial charge in [-0.1, -0.05) is 105 Å². The van der Waals surface area contributed by atoms with Crippen LogP contribution in [0.3, 0.4) is 0 Å². The SMILES string of the molecule is CC(C)(C)c1[c-]c2c(cc1)-c1ccc(C(C)(C)C)cc1C2.CC1=[C-]C(C)C=C1[Si](C)(C)C.FC(F)(F)c1cccc([C](=[Zr+2])c2cccc(C(F)(F)F)c2)c1.[Cl-].[Cl-]. The molecular formula is C46H50Cl2F6SiZr-2. The molecule has 0 bridgehead atoms. The maximum atomic E-state index is 12.7. The van der Waals surface area contributed by atoms with E-state index in [2.05, 4.69) is 124 Å². The summed E-state index contributed by atoms with van der Waals surface area (Å²) in [5, 5.41) is 1.60. The molecule has 4 aromatic carbocycles. The molecular weight excluding hydrogens is 857 g/mol. The molecule has 0 N–H and O–H groups in total. The molecule has 0 saturated carbocycles. The van der Waals surface area contributed by atoms with Gasteiger partial charge in [0.2, 0.25) is 0 Å². The summed E-state index contributed by atoms with van der Waals surface area (Å²) < 4.78 is 76.7. The average Bonchev–Trinajstić information content (AvgIpc) is 3.61. The van der Waals surface area contributed by atoms with E-state index >= 15 is 0 Å². The van der Waals surface area contributed by atoms with Gasteiger partial charge in [0.15, 0.2) is 0 Å². The zero-order valence-electron chi connectivity index (χ0n) is 33.9. The number of benzene rings is 4. The van der Waals surface area contributed by atoms with Crippen LogP contribution in [0.25, 0.3) is 11.1 Å². The van der Waals surface area contributed by atoms with Crippen LogP contribution in [0.4, 0.5) is 26.3 Å². The average molecular weight is 907 g/mol. The molecule has 0 amide bonds. The van der Waals surface area contributed by atoms with E-state index in [1.807, 2.05) is 0 Å². The monoisotopic (exact) mass is 904 g/mol. The van der Waals surface area contributed by atoms with Gasteiger partial charge in [0.25, 0.3) is 0 Å². The predicted molar refractivity (Wildman–Crippen MR) is 210 cm³/mol. The van der Waals surface area contributed by atoms with Crippen molar-refractivity contribution in [3.63, 3.8) is 0 Å². The molecule has 2 aliphatic rings. The Balaban J connectivity index is 0.000000300. The molecule has 10 heteroatoms. The summed E-state index contributed by atoms with van der Waals surface area (Å²) in [6.07, 6.45) is -2.14. The number of fused-ring (bicyclic) bond motifs is 3. The van der Waals surface area contributed by atoms with Gasteiger partial charge < -0.3 is 24.8 Å². The Morgan fingerprint density at radius 3 is 1.57 bits per heavy atom. The summed E-state index contributed by atoms with van der Waals surface area (Å²) in [5.41, 5.74) is 9.00. The first kappa shape index (κ1) is 49.6. The van der Waals surface area contributed by atoms with Crippen LogP contribution in [0, 0.1) is 18.1 Å². The second-order valence-corrected chi connectivity index (χ2v) is 23.5. The van der Waals surface area contributed by atoms with Gasteiger partial charge in [-0.15, -0.1) is 11.1 Å². The van der Waals surface area contributed by atoms with Crippen molar-refractivity contribution in [1.82, 2.24) is 0 Å². The topological polar surface area (TPSA) is 0 Å². The zero-order chi connectivity index (χ0) is 40.6. The Kier molecular flexibility index (Phi) is 16.5. The first-order chi connectivity index (χ1) is 24.7. The Morgan fingerprint density at radius 1 is 0.679 bits per heavy atom. The Bertz CT molecular complexity index is 1950. The van der Waals surface area contributed by atoms with Gasteiger partial charge >= 0.3 is 137 Å². The number of hydrogen-bond acceptors (Lipinski definition) is 0. The summed E-state index contributed by atoms with van der Waals surface area (Å²) in [6, 6.07) is 24.3. The second kappa shape index (κ2) is 18.6. The maximum absolute atomic E-state index is 12.7. The van der Waals surface area contributed by atoms with Crippen molar-refractivity contribution in [3.8, 4) is 11.1 Å². The fraction of sp³-hybridized carbons (Fsp3) is 0.370. The minimum atomic E-state index is -4.49. The molecule has 0 nitrogen and oxygen atoms in total.